The van der Waals surface area contributed by atoms with E-state index in [1.54, 1.807) is 24.3 Å². The predicted molar refractivity (Wildman–Crippen MR) is 81.0 cm³/mol. The van der Waals surface area contributed by atoms with E-state index < -0.39 is 0 Å². The Morgan fingerprint density at radius 3 is 2.70 bits per heavy atom. The van der Waals surface area contributed by atoms with Crippen LogP contribution in [0.3, 0.4) is 0 Å². The second-order valence-electron chi connectivity index (χ2n) is 4.73. The summed E-state index contributed by atoms with van der Waals surface area (Å²) in [5.74, 6) is 0.239. The summed E-state index contributed by atoms with van der Waals surface area (Å²) in [6.45, 7) is 3.91. The second kappa shape index (κ2) is 5.85. The highest BCUT2D eigenvalue weighted by atomic mass is 35.5. The topological polar surface area (TPSA) is 56.0 Å². The van der Waals surface area contributed by atoms with Gasteiger partial charge in [-0.25, -0.2) is 0 Å². The van der Waals surface area contributed by atoms with Gasteiger partial charge in [-0.1, -0.05) is 29.3 Å². The molecule has 0 amide bonds. The number of phenols is 1. The summed E-state index contributed by atoms with van der Waals surface area (Å²) in [6.07, 6.45) is 0. The molecule has 0 fully saturated rings. The summed E-state index contributed by atoms with van der Waals surface area (Å²) in [5.41, 5.74) is 3.09. The molecule has 1 atom stereocenters. The first-order valence-corrected chi connectivity index (χ1v) is 6.64. The van der Waals surface area contributed by atoms with Gasteiger partial charge in [-0.15, -0.1) is 0 Å². The van der Waals surface area contributed by atoms with Gasteiger partial charge < -0.3 is 10.4 Å². The van der Waals surface area contributed by atoms with Crippen molar-refractivity contribution in [3.63, 3.8) is 0 Å². The monoisotopic (exact) mass is 286 g/mol. The van der Waals surface area contributed by atoms with Crippen molar-refractivity contribution in [1.29, 1.82) is 5.26 Å². The van der Waals surface area contributed by atoms with Crippen LogP contribution in [-0.2, 0) is 0 Å². The number of aryl methyl sites for hydroxylation is 1. The van der Waals surface area contributed by atoms with E-state index in [0.717, 1.165) is 11.1 Å². The minimum atomic E-state index is -0.124. The maximum atomic E-state index is 9.93. The van der Waals surface area contributed by atoms with E-state index in [2.05, 4.69) is 11.4 Å². The molecule has 0 saturated heterocycles. The van der Waals surface area contributed by atoms with E-state index in [1.165, 1.54) is 0 Å². The first-order chi connectivity index (χ1) is 9.51. The first-order valence-electron chi connectivity index (χ1n) is 6.27. The highest BCUT2D eigenvalue weighted by Crippen LogP contribution is 2.31. The van der Waals surface area contributed by atoms with Crippen molar-refractivity contribution in [3.8, 4) is 11.8 Å². The van der Waals surface area contributed by atoms with E-state index in [4.69, 9.17) is 16.9 Å². The molecule has 0 aliphatic carbocycles. The quantitative estimate of drug-likeness (QED) is 0.879. The molecule has 0 heterocycles. The molecular formula is C16H15ClN2O. The van der Waals surface area contributed by atoms with Crippen LogP contribution < -0.4 is 5.32 Å². The third-order valence-electron chi connectivity index (χ3n) is 3.12. The fraction of sp³-hybridized carbons (Fsp3) is 0.188. The minimum absolute atomic E-state index is 0.124. The van der Waals surface area contributed by atoms with Gasteiger partial charge >= 0.3 is 0 Å². The maximum Gasteiger partial charge on any atom is 0.120 e. The van der Waals surface area contributed by atoms with Crippen molar-refractivity contribution < 1.29 is 5.11 Å². The average molecular weight is 287 g/mol. The van der Waals surface area contributed by atoms with Crippen molar-refractivity contribution in [2.75, 3.05) is 5.32 Å². The van der Waals surface area contributed by atoms with Gasteiger partial charge in [0.05, 0.1) is 28.4 Å². The summed E-state index contributed by atoms with van der Waals surface area (Å²) in [6, 6.07) is 12.5. The molecular weight excluding hydrogens is 272 g/mol. The highest BCUT2D eigenvalue weighted by Gasteiger charge is 2.12. The van der Waals surface area contributed by atoms with Gasteiger partial charge in [0, 0.05) is 5.56 Å². The molecule has 0 spiro atoms. The van der Waals surface area contributed by atoms with Gasteiger partial charge in [0.2, 0.25) is 0 Å². The van der Waals surface area contributed by atoms with E-state index in [-0.39, 0.29) is 11.8 Å². The number of nitrogens with zero attached hydrogens (tertiary/aromatic N) is 1. The number of nitriles is 1. The molecule has 1 unspecified atom stereocenters. The van der Waals surface area contributed by atoms with Gasteiger partial charge in [0.15, 0.2) is 0 Å². The summed E-state index contributed by atoms with van der Waals surface area (Å²) < 4.78 is 0. The molecule has 2 aromatic carbocycles. The van der Waals surface area contributed by atoms with E-state index in [1.807, 2.05) is 26.0 Å². The van der Waals surface area contributed by atoms with Crippen molar-refractivity contribution in [3.05, 3.63) is 58.1 Å². The predicted octanol–water partition coefficient (Wildman–Crippen LogP) is 4.40. The second-order valence-corrected chi connectivity index (χ2v) is 5.14. The van der Waals surface area contributed by atoms with Crippen LogP contribution >= 0.6 is 11.6 Å². The summed E-state index contributed by atoms with van der Waals surface area (Å²) >= 11 is 6.12. The molecule has 4 heteroatoms. The van der Waals surface area contributed by atoms with Crippen LogP contribution in [0.4, 0.5) is 5.69 Å². The van der Waals surface area contributed by atoms with Gasteiger partial charge in [-0.3, -0.25) is 0 Å². The number of benzene rings is 2. The van der Waals surface area contributed by atoms with Crippen LogP contribution in [0.25, 0.3) is 0 Å². The van der Waals surface area contributed by atoms with Crippen LogP contribution in [0.5, 0.6) is 5.75 Å². The van der Waals surface area contributed by atoms with Gasteiger partial charge in [-0.2, -0.15) is 5.26 Å². The lowest BCUT2D eigenvalue weighted by Crippen LogP contribution is -2.07. The molecule has 2 N–H and O–H groups in total. The van der Waals surface area contributed by atoms with E-state index >= 15 is 0 Å². The van der Waals surface area contributed by atoms with E-state index in [9.17, 15) is 5.11 Å². The Morgan fingerprint density at radius 1 is 1.25 bits per heavy atom. The fourth-order valence-corrected chi connectivity index (χ4v) is 2.21. The fourth-order valence-electron chi connectivity index (χ4n) is 2.04. The number of aromatic hydroxyl groups is 1. The molecule has 20 heavy (non-hydrogen) atoms. The standard InChI is InChI=1S/C16H15ClN2O/c1-10-3-6-16(20)13(7-10)11(2)19-15-8-12(9-18)4-5-14(15)17/h3-8,11,19-20H,1-2H3. The average Bonchev–Trinajstić information content (AvgIpc) is 2.43. The SMILES string of the molecule is Cc1ccc(O)c(C(C)Nc2cc(C#N)ccc2Cl)c1. The Balaban J connectivity index is 2.30. The zero-order chi connectivity index (χ0) is 14.7. The zero-order valence-corrected chi connectivity index (χ0v) is 12.1. The number of halogens is 1. The molecule has 0 aliphatic rings. The van der Waals surface area contributed by atoms with Crippen molar-refractivity contribution in [2.24, 2.45) is 0 Å². The van der Waals surface area contributed by atoms with Gasteiger partial charge in [0.25, 0.3) is 0 Å². The van der Waals surface area contributed by atoms with Crippen LogP contribution in [-0.4, -0.2) is 5.11 Å². The molecule has 0 saturated carbocycles. The molecule has 0 bridgehead atoms. The summed E-state index contributed by atoms with van der Waals surface area (Å²) in [7, 11) is 0. The Kier molecular flexibility index (Phi) is 4.16. The number of hydrogen-bond acceptors (Lipinski definition) is 3. The van der Waals surface area contributed by atoms with Crippen molar-refractivity contribution in [1.82, 2.24) is 0 Å². The lowest BCUT2D eigenvalue weighted by molar-refractivity contribution is 0.465. The summed E-state index contributed by atoms with van der Waals surface area (Å²) in [4.78, 5) is 0. The minimum Gasteiger partial charge on any atom is -0.508 e. The normalized spacial score (nSPS) is 11.7. The Morgan fingerprint density at radius 2 is 2.00 bits per heavy atom. The largest absolute Gasteiger partial charge is 0.508 e. The van der Waals surface area contributed by atoms with Crippen molar-refractivity contribution >= 4 is 17.3 Å². The Hall–Kier alpha value is -2.18. The summed E-state index contributed by atoms with van der Waals surface area (Å²) in [5, 5.41) is 22.6. The lowest BCUT2D eigenvalue weighted by atomic mass is 10.0. The Bertz CT molecular complexity index is 677. The van der Waals surface area contributed by atoms with E-state index in [0.29, 0.717) is 16.3 Å². The number of rotatable bonds is 3. The molecule has 2 aromatic rings. The lowest BCUT2D eigenvalue weighted by Gasteiger charge is -2.18. The van der Waals surface area contributed by atoms with Crippen LogP contribution in [0.1, 0.15) is 29.7 Å². The smallest absolute Gasteiger partial charge is 0.120 e. The van der Waals surface area contributed by atoms with Crippen LogP contribution in [0.2, 0.25) is 5.02 Å². The highest BCUT2D eigenvalue weighted by molar-refractivity contribution is 6.33. The molecule has 0 aliphatic heterocycles. The molecule has 102 valence electrons. The van der Waals surface area contributed by atoms with Crippen LogP contribution in [0.15, 0.2) is 36.4 Å². The first kappa shape index (κ1) is 14.2. The maximum absolute atomic E-state index is 9.93. The number of nitrogens with one attached hydrogen (secondary N) is 1. The third-order valence-corrected chi connectivity index (χ3v) is 3.45. The number of phenolic OH excluding ortho intramolecular Hbond substituents is 1. The Labute approximate surface area is 123 Å². The molecule has 2 rings (SSSR count). The zero-order valence-electron chi connectivity index (χ0n) is 11.3. The molecule has 3 nitrogen and oxygen atoms in total. The van der Waals surface area contributed by atoms with Crippen molar-refractivity contribution in [2.45, 2.75) is 19.9 Å². The molecule has 0 aromatic heterocycles. The molecule has 0 radical (unpaired) electrons. The number of anilines is 1. The van der Waals surface area contributed by atoms with Gasteiger partial charge in [0.1, 0.15) is 5.75 Å². The van der Waals surface area contributed by atoms with Gasteiger partial charge in [-0.05, 0) is 38.1 Å². The third kappa shape index (κ3) is 3.04. The van der Waals surface area contributed by atoms with Crippen LogP contribution in [0, 0.1) is 18.3 Å². The number of hydrogen-bond donors (Lipinski definition) is 2.